The summed E-state index contributed by atoms with van der Waals surface area (Å²) in [5, 5.41) is 0. The highest BCUT2D eigenvalue weighted by Gasteiger charge is 2.62. The number of carbonyl (C=O) groups excluding carboxylic acids is 2. The molecule has 3 nitrogen and oxygen atoms in total. The van der Waals surface area contributed by atoms with Crippen molar-refractivity contribution in [2.75, 3.05) is 4.90 Å². The summed E-state index contributed by atoms with van der Waals surface area (Å²) in [5.74, 6) is -1.03. The van der Waals surface area contributed by atoms with Crippen LogP contribution in [0.5, 0.6) is 0 Å². The van der Waals surface area contributed by atoms with Crippen molar-refractivity contribution < 1.29 is 9.59 Å². The Morgan fingerprint density at radius 1 is 0.571 bits per heavy atom. The van der Waals surface area contributed by atoms with E-state index in [4.69, 9.17) is 0 Å². The van der Waals surface area contributed by atoms with E-state index in [0.29, 0.717) is 5.69 Å². The van der Waals surface area contributed by atoms with Gasteiger partial charge in [-0.2, -0.15) is 0 Å². The van der Waals surface area contributed by atoms with Gasteiger partial charge >= 0.3 is 0 Å². The molecule has 178 valence electrons. The SMILES string of the molecule is CC(C)(C)c1ccc2c(c1)C1c3ccc(C(C)(C)C)cc3C2C2C(=O)N(c3ccccc3)C(=O)C12. The Kier molecular flexibility index (Phi) is 4.56. The van der Waals surface area contributed by atoms with Crippen molar-refractivity contribution in [3.8, 4) is 0 Å². The third-order valence-corrected chi connectivity index (χ3v) is 8.38. The Morgan fingerprint density at radius 2 is 1.00 bits per heavy atom. The van der Waals surface area contributed by atoms with E-state index < -0.39 is 0 Å². The van der Waals surface area contributed by atoms with Gasteiger partial charge in [0.1, 0.15) is 0 Å². The number of nitrogens with zero attached hydrogens (tertiary/aromatic N) is 1. The lowest BCUT2D eigenvalue weighted by Crippen LogP contribution is -2.42. The van der Waals surface area contributed by atoms with Crippen LogP contribution in [0.1, 0.15) is 86.8 Å². The molecule has 0 saturated carbocycles. The molecule has 1 heterocycles. The van der Waals surface area contributed by atoms with Crippen LogP contribution in [0.25, 0.3) is 0 Å². The number of benzene rings is 3. The summed E-state index contributed by atoms with van der Waals surface area (Å²) in [6.45, 7) is 13.4. The lowest BCUT2D eigenvalue weighted by atomic mass is 9.54. The lowest BCUT2D eigenvalue weighted by Gasteiger charge is -2.47. The predicted molar refractivity (Wildman–Crippen MR) is 140 cm³/mol. The van der Waals surface area contributed by atoms with Crippen molar-refractivity contribution >= 4 is 17.5 Å². The molecule has 0 radical (unpaired) electrons. The first-order valence-electron chi connectivity index (χ1n) is 12.7. The molecule has 3 heteroatoms. The second kappa shape index (κ2) is 7.16. The van der Waals surface area contributed by atoms with Gasteiger partial charge in [0.15, 0.2) is 0 Å². The minimum Gasteiger partial charge on any atom is -0.274 e. The summed E-state index contributed by atoms with van der Waals surface area (Å²) in [6.07, 6.45) is 0. The monoisotopic (exact) mass is 463 g/mol. The van der Waals surface area contributed by atoms with E-state index >= 15 is 0 Å². The molecular weight excluding hydrogens is 430 g/mol. The molecule has 0 spiro atoms. The summed E-state index contributed by atoms with van der Waals surface area (Å²) < 4.78 is 0. The van der Waals surface area contributed by atoms with Gasteiger partial charge in [0.05, 0.1) is 17.5 Å². The first-order valence-corrected chi connectivity index (χ1v) is 12.7. The zero-order valence-corrected chi connectivity index (χ0v) is 21.4. The number of anilines is 1. The average Bonchev–Trinajstić information content (AvgIpc) is 3.08. The molecule has 0 N–H and O–H groups in total. The maximum atomic E-state index is 14.0. The molecule has 3 aromatic rings. The van der Waals surface area contributed by atoms with Gasteiger partial charge in [-0.05, 0) is 56.3 Å². The van der Waals surface area contributed by atoms with Crippen LogP contribution >= 0.6 is 0 Å². The highest BCUT2D eigenvalue weighted by atomic mass is 16.2. The van der Waals surface area contributed by atoms with E-state index in [9.17, 15) is 9.59 Å². The Morgan fingerprint density at radius 3 is 1.40 bits per heavy atom. The molecule has 4 atom stereocenters. The van der Waals surface area contributed by atoms with E-state index in [1.165, 1.54) is 38.3 Å². The highest BCUT2D eigenvalue weighted by Crippen LogP contribution is 2.62. The third kappa shape index (κ3) is 3.10. The van der Waals surface area contributed by atoms with E-state index in [2.05, 4.69) is 77.9 Å². The smallest absolute Gasteiger partial charge is 0.238 e. The van der Waals surface area contributed by atoms with E-state index in [0.717, 1.165) is 0 Å². The average molecular weight is 464 g/mol. The van der Waals surface area contributed by atoms with Crippen LogP contribution in [-0.4, -0.2) is 11.8 Å². The Labute approximate surface area is 208 Å². The zero-order chi connectivity index (χ0) is 24.9. The maximum Gasteiger partial charge on any atom is 0.238 e. The molecular formula is C32H33NO2. The Hall–Kier alpha value is -3.20. The number of para-hydroxylation sites is 1. The van der Waals surface area contributed by atoms with E-state index in [1.54, 1.807) is 0 Å². The zero-order valence-electron chi connectivity index (χ0n) is 21.4. The first-order chi connectivity index (χ1) is 16.5. The number of hydrogen-bond donors (Lipinski definition) is 0. The van der Waals surface area contributed by atoms with E-state index in [1.807, 2.05) is 30.3 Å². The molecule has 1 aliphatic heterocycles. The van der Waals surface area contributed by atoms with Crippen LogP contribution < -0.4 is 4.90 Å². The minimum absolute atomic E-state index is 0.00955. The molecule has 1 fully saturated rings. The maximum absolute atomic E-state index is 14.0. The molecule has 3 aromatic carbocycles. The van der Waals surface area contributed by atoms with Crippen molar-refractivity contribution in [2.24, 2.45) is 11.8 Å². The van der Waals surface area contributed by atoms with Gasteiger partial charge in [0.2, 0.25) is 11.8 Å². The molecule has 2 amide bonds. The quantitative estimate of drug-likeness (QED) is 0.378. The lowest BCUT2D eigenvalue weighted by molar-refractivity contribution is -0.122. The molecule has 1 saturated heterocycles. The summed E-state index contributed by atoms with van der Waals surface area (Å²) in [5.41, 5.74) is 8.14. The Balaban J connectivity index is 1.59. The molecule has 3 aliphatic carbocycles. The fraction of sp³-hybridized carbons (Fsp3) is 0.375. The molecule has 35 heavy (non-hydrogen) atoms. The normalized spacial score (nSPS) is 24.9. The number of carbonyl (C=O) groups is 2. The fourth-order valence-electron chi connectivity index (χ4n) is 6.54. The topological polar surface area (TPSA) is 37.4 Å². The second-order valence-electron chi connectivity index (χ2n) is 12.5. The van der Waals surface area contributed by atoms with Crippen LogP contribution in [0.2, 0.25) is 0 Å². The predicted octanol–water partition coefficient (Wildman–Crippen LogP) is 6.68. The minimum atomic E-state index is -0.358. The summed E-state index contributed by atoms with van der Waals surface area (Å²) in [6, 6.07) is 23.0. The largest absolute Gasteiger partial charge is 0.274 e. The van der Waals surface area contributed by atoms with Crippen molar-refractivity contribution in [1.82, 2.24) is 0 Å². The van der Waals surface area contributed by atoms with Gasteiger partial charge in [0.25, 0.3) is 0 Å². The number of hydrogen-bond acceptors (Lipinski definition) is 2. The van der Waals surface area contributed by atoms with Crippen molar-refractivity contribution in [3.63, 3.8) is 0 Å². The number of imide groups is 1. The number of amides is 2. The van der Waals surface area contributed by atoms with Gasteiger partial charge in [-0.15, -0.1) is 0 Å². The fourth-order valence-corrected chi connectivity index (χ4v) is 6.54. The summed E-state index contributed by atoms with van der Waals surface area (Å²) >= 11 is 0. The Bertz CT molecular complexity index is 1290. The highest BCUT2D eigenvalue weighted by molar-refractivity contribution is 6.23. The first kappa shape index (κ1) is 22.3. The second-order valence-corrected chi connectivity index (χ2v) is 12.5. The summed E-state index contributed by atoms with van der Waals surface area (Å²) in [7, 11) is 0. The van der Waals surface area contributed by atoms with Crippen LogP contribution in [-0.2, 0) is 20.4 Å². The summed E-state index contributed by atoms with van der Waals surface area (Å²) in [4.78, 5) is 29.4. The van der Waals surface area contributed by atoms with Crippen molar-refractivity contribution in [2.45, 2.75) is 64.2 Å². The van der Waals surface area contributed by atoms with Gasteiger partial charge in [-0.1, -0.05) is 96.1 Å². The van der Waals surface area contributed by atoms with Crippen LogP contribution in [0.15, 0.2) is 66.7 Å². The van der Waals surface area contributed by atoms with Crippen molar-refractivity contribution in [3.05, 3.63) is 100 Å². The van der Waals surface area contributed by atoms with Gasteiger partial charge in [-0.25, -0.2) is 4.90 Å². The molecule has 4 aliphatic rings. The van der Waals surface area contributed by atoms with Crippen molar-refractivity contribution in [1.29, 1.82) is 0 Å². The number of rotatable bonds is 1. The van der Waals surface area contributed by atoms with Gasteiger partial charge < -0.3 is 0 Å². The molecule has 0 aromatic heterocycles. The molecule has 4 unspecified atom stereocenters. The van der Waals surface area contributed by atoms with Gasteiger partial charge in [-0.3, -0.25) is 9.59 Å². The third-order valence-electron chi connectivity index (χ3n) is 8.38. The molecule has 7 rings (SSSR count). The van der Waals surface area contributed by atoms with Crippen LogP contribution in [0, 0.1) is 11.8 Å². The van der Waals surface area contributed by atoms with Gasteiger partial charge in [0, 0.05) is 11.8 Å². The van der Waals surface area contributed by atoms with E-state index in [-0.39, 0.29) is 46.3 Å². The standard InChI is InChI=1S/C32H33NO2/c1-31(2,3)18-12-14-21-23(16-18)25-22-15-13-19(32(4,5)6)17-24(22)26(21)28-27(25)29(34)33(30(28)35)20-10-8-7-9-11-20/h7-17,25-28H,1-6H3. The van der Waals surface area contributed by atoms with Crippen LogP contribution in [0.4, 0.5) is 5.69 Å². The molecule has 2 bridgehead atoms. The van der Waals surface area contributed by atoms with Crippen LogP contribution in [0.3, 0.4) is 0 Å².